The van der Waals surface area contributed by atoms with Crippen LogP contribution in [0.2, 0.25) is 18.1 Å². The molecule has 0 fully saturated rings. The van der Waals surface area contributed by atoms with E-state index in [9.17, 15) is 0 Å². The fourth-order valence-corrected chi connectivity index (χ4v) is 4.65. The van der Waals surface area contributed by atoms with Gasteiger partial charge in [-0.15, -0.1) is 0 Å². The maximum absolute atomic E-state index is 6.08. The first-order valence-corrected chi connectivity index (χ1v) is 20.1. The van der Waals surface area contributed by atoms with Crippen molar-refractivity contribution in [1.82, 2.24) is 0 Å². The van der Waals surface area contributed by atoms with E-state index < -0.39 is 8.32 Å². The molecule has 0 unspecified atom stereocenters. The number of hydrogen-bond acceptors (Lipinski definition) is 10. The zero-order valence-corrected chi connectivity index (χ0v) is 30.6. The first-order chi connectivity index (χ1) is 20.3. The predicted molar refractivity (Wildman–Crippen MR) is 178 cm³/mol. The van der Waals surface area contributed by atoms with Gasteiger partial charge in [-0.3, -0.25) is 0 Å². The Morgan fingerprint density at radius 3 is 0.929 bits per heavy atom. The highest BCUT2D eigenvalue weighted by atomic mass is 127. The molecule has 0 heterocycles. The first-order valence-electron chi connectivity index (χ1n) is 15.7. The summed E-state index contributed by atoms with van der Waals surface area (Å²) >= 11 is 2.42. The van der Waals surface area contributed by atoms with Crippen LogP contribution in [0.15, 0.2) is 0 Å². The molecule has 0 saturated carbocycles. The molecule has 0 aromatic rings. The van der Waals surface area contributed by atoms with Gasteiger partial charge in [0.2, 0.25) is 0 Å². The molecule has 254 valence electrons. The van der Waals surface area contributed by atoms with E-state index in [4.69, 9.17) is 47.1 Å². The standard InChI is InChI=1S/C30H63IO10Si/c1-30(2,3)42(4,5)41-29-28-40-27-26-39-25-24-38-23-22-37-21-20-36-19-18-35-17-16-34-15-14-33-13-12-32-11-9-7-6-8-10-31/h6-29H2,1-5H3. The van der Waals surface area contributed by atoms with Crippen LogP contribution < -0.4 is 0 Å². The number of alkyl halides is 1. The zero-order valence-electron chi connectivity index (χ0n) is 27.4. The SMILES string of the molecule is CC(C)(C)[Si](C)(C)OCCOCCOCCOCCOCCOCCOCCOCCOCCOCCCCCCI. The minimum Gasteiger partial charge on any atom is -0.414 e. The highest BCUT2D eigenvalue weighted by molar-refractivity contribution is 14.1. The smallest absolute Gasteiger partial charge is 0.192 e. The lowest BCUT2D eigenvalue weighted by molar-refractivity contribution is -0.0254. The Morgan fingerprint density at radius 1 is 0.381 bits per heavy atom. The molecule has 10 nitrogen and oxygen atoms in total. The predicted octanol–water partition coefficient (Wildman–Crippen LogP) is 5.15. The highest BCUT2D eigenvalue weighted by Crippen LogP contribution is 2.36. The van der Waals surface area contributed by atoms with Gasteiger partial charge >= 0.3 is 0 Å². The quantitative estimate of drug-likeness (QED) is 0.0382. The van der Waals surface area contributed by atoms with E-state index in [2.05, 4.69) is 56.5 Å². The third-order valence-corrected chi connectivity index (χ3v) is 11.9. The third-order valence-electron chi connectivity index (χ3n) is 6.65. The lowest BCUT2D eigenvalue weighted by atomic mass is 10.2. The van der Waals surface area contributed by atoms with Crippen molar-refractivity contribution in [3.05, 3.63) is 0 Å². The lowest BCUT2D eigenvalue weighted by Gasteiger charge is -2.36. The fourth-order valence-electron chi connectivity index (χ4n) is 3.09. The van der Waals surface area contributed by atoms with Gasteiger partial charge in [0.15, 0.2) is 8.32 Å². The van der Waals surface area contributed by atoms with Crippen LogP contribution >= 0.6 is 22.6 Å². The summed E-state index contributed by atoms with van der Waals surface area (Å²) in [6, 6.07) is 0. The van der Waals surface area contributed by atoms with E-state index in [0.717, 1.165) is 13.0 Å². The van der Waals surface area contributed by atoms with Crippen LogP contribution in [-0.2, 0) is 47.1 Å². The van der Waals surface area contributed by atoms with Gasteiger partial charge in [0.1, 0.15) is 0 Å². The summed E-state index contributed by atoms with van der Waals surface area (Å²) in [4.78, 5) is 0. The molecular formula is C30H63IO10Si. The van der Waals surface area contributed by atoms with Gasteiger partial charge in [0.25, 0.3) is 0 Å². The van der Waals surface area contributed by atoms with Gasteiger partial charge in [0, 0.05) is 6.61 Å². The van der Waals surface area contributed by atoms with Crippen LogP contribution in [0, 0.1) is 0 Å². The van der Waals surface area contributed by atoms with Gasteiger partial charge in [0.05, 0.1) is 119 Å². The second-order valence-electron chi connectivity index (χ2n) is 11.2. The van der Waals surface area contributed by atoms with Gasteiger partial charge in [-0.1, -0.05) is 56.2 Å². The van der Waals surface area contributed by atoms with E-state index in [1.54, 1.807) is 0 Å². The Bertz CT molecular complexity index is 541. The van der Waals surface area contributed by atoms with Crippen molar-refractivity contribution in [2.24, 2.45) is 0 Å². The van der Waals surface area contributed by atoms with Crippen molar-refractivity contribution in [3.63, 3.8) is 0 Å². The maximum atomic E-state index is 6.08. The normalized spacial score (nSPS) is 12.4. The van der Waals surface area contributed by atoms with Crippen molar-refractivity contribution < 1.29 is 47.1 Å². The Labute approximate surface area is 271 Å². The van der Waals surface area contributed by atoms with Crippen LogP contribution in [0.4, 0.5) is 0 Å². The van der Waals surface area contributed by atoms with Crippen molar-refractivity contribution in [2.45, 2.75) is 64.6 Å². The van der Waals surface area contributed by atoms with Gasteiger partial charge < -0.3 is 47.1 Å². The highest BCUT2D eigenvalue weighted by Gasteiger charge is 2.36. The topological polar surface area (TPSA) is 92.3 Å². The van der Waals surface area contributed by atoms with Gasteiger partial charge in [-0.2, -0.15) is 0 Å². The molecule has 0 bridgehead atoms. The van der Waals surface area contributed by atoms with E-state index in [0.29, 0.717) is 119 Å². The Morgan fingerprint density at radius 2 is 0.643 bits per heavy atom. The molecule has 0 saturated heterocycles. The number of halogens is 1. The van der Waals surface area contributed by atoms with Crippen LogP contribution in [-0.4, -0.2) is 138 Å². The second kappa shape index (κ2) is 31.5. The van der Waals surface area contributed by atoms with Crippen molar-refractivity contribution in [1.29, 1.82) is 0 Å². The molecule has 0 N–H and O–H groups in total. The summed E-state index contributed by atoms with van der Waals surface area (Å²) in [5, 5.41) is 0.223. The fraction of sp³-hybridized carbons (Fsp3) is 1.00. The molecule has 0 aromatic carbocycles. The maximum Gasteiger partial charge on any atom is 0.192 e. The summed E-state index contributed by atoms with van der Waals surface area (Å²) in [5.41, 5.74) is 0. The van der Waals surface area contributed by atoms with Gasteiger partial charge in [-0.25, -0.2) is 0 Å². The van der Waals surface area contributed by atoms with Crippen molar-refractivity contribution in [3.8, 4) is 0 Å². The molecule has 42 heavy (non-hydrogen) atoms. The molecule has 0 aliphatic heterocycles. The zero-order chi connectivity index (χ0) is 31.0. The molecule has 0 aliphatic rings. The minimum atomic E-state index is -1.69. The Hall–Kier alpha value is 0.547. The van der Waals surface area contributed by atoms with Crippen LogP contribution in [0.1, 0.15) is 46.5 Å². The Kier molecular flexibility index (Phi) is 31.9. The molecule has 0 aromatic heterocycles. The summed E-state index contributed by atoms with van der Waals surface area (Å²) in [7, 11) is -1.69. The summed E-state index contributed by atoms with van der Waals surface area (Å²) in [6.45, 7) is 22.2. The lowest BCUT2D eigenvalue weighted by Crippen LogP contribution is -2.41. The first kappa shape index (κ1) is 42.5. The van der Waals surface area contributed by atoms with Crippen molar-refractivity contribution >= 4 is 30.9 Å². The molecule has 0 aliphatic carbocycles. The Balaban J connectivity index is 3.12. The van der Waals surface area contributed by atoms with E-state index >= 15 is 0 Å². The number of rotatable bonds is 34. The third kappa shape index (κ3) is 30.6. The minimum absolute atomic E-state index is 0.223. The summed E-state index contributed by atoms with van der Waals surface area (Å²) in [5.74, 6) is 0. The average molecular weight is 739 g/mol. The van der Waals surface area contributed by atoms with Gasteiger partial charge in [-0.05, 0) is 35.4 Å². The molecule has 0 amide bonds. The van der Waals surface area contributed by atoms with Crippen LogP contribution in [0.3, 0.4) is 0 Å². The van der Waals surface area contributed by atoms with Crippen molar-refractivity contribution in [2.75, 3.05) is 130 Å². The molecule has 0 rings (SSSR count). The number of ether oxygens (including phenoxy) is 9. The van der Waals surface area contributed by atoms with Crippen LogP contribution in [0.5, 0.6) is 0 Å². The molecular weight excluding hydrogens is 675 g/mol. The largest absolute Gasteiger partial charge is 0.414 e. The molecule has 12 heteroatoms. The van der Waals surface area contributed by atoms with E-state index in [1.807, 2.05) is 0 Å². The van der Waals surface area contributed by atoms with E-state index in [1.165, 1.54) is 23.7 Å². The average Bonchev–Trinajstić information content (AvgIpc) is 2.95. The number of unbranched alkanes of at least 4 members (excludes halogenated alkanes) is 3. The number of hydrogen-bond donors (Lipinski definition) is 0. The summed E-state index contributed by atoms with van der Waals surface area (Å²) < 4.78 is 57.0. The molecule has 0 radical (unpaired) electrons. The van der Waals surface area contributed by atoms with Crippen LogP contribution in [0.25, 0.3) is 0 Å². The monoisotopic (exact) mass is 738 g/mol. The summed E-state index contributed by atoms with van der Waals surface area (Å²) in [6.07, 6.45) is 4.99. The van der Waals surface area contributed by atoms with E-state index in [-0.39, 0.29) is 5.04 Å². The molecule has 0 spiro atoms. The second-order valence-corrected chi connectivity index (χ2v) is 17.1. The molecule has 0 atom stereocenters.